The van der Waals surface area contributed by atoms with Crippen LogP contribution >= 0.6 is 0 Å². The summed E-state index contributed by atoms with van der Waals surface area (Å²) in [7, 11) is 0. The van der Waals surface area contributed by atoms with Gasteiger partial charge in [-0.2, -0.15) is 0 Å². The predicted molar refractivity (Wildman–Crippen MR) is 73.5 cm³/mol. The standard InChI is InChI=1S/C15H23NO2/c1-3-18-15(17)10-9-13(2)16-12-11-14-7-5-4-6-8-14/h4-8,13,16H,3,9-12H2,1-2H3. The minimum Gasteiger partial charge on any atom is -0.466 e. The predicted octanol–water partition coefficient (Wildman–Crippen LogP) is 2.55. The number of nitrogens with one attached hydrogen (secondary N) is 1. The van der Waals surface area contributed by atoms with E-state index in [2.05, 4.69) is 36.5 Å². The minimum absolute atomic E-state index is 0.103. The molecule has 0 spiro atoms. The van der Waals surface area contributed by atoms with E-state index in [1.807, 2.05) is 13.0 Å². The lowest BCUT2D eigenvalue weighted by Crippen LogP contribution is -2.28. The number of carbonyl (C=O) groups is 1. The summed E-state index contributed by atoms with van der Waals surface area (Å²) in [6.07, 6.45) is 2.34. The zero-order valence-corrected chi connectivity index (χ0v) is 11.3. The Kier molecular flexibility index (Phi) is 7.11. The van der Waals surface area contributed by atoms with E-state index in [0.717, 1.165) is 19.4 Å². The van der Waals surface area contributed by atoms with Crippen LogP contribution in [0, 0.1) is 0 Å². The highest BCUT2D eigenvalue weighted by Gasteiger charge is 2.06. The van der Waals surface area contributed by atoms with Crippen LogP contribution in [-0.4, -0.2) is 25.2 Å². The first kappa shape index (κ1) is 14.7. The van der Waals surface area contributed by atoms with Crippen molar-refractivity contribution in [1.82, 2.24) is 5.32 Å². The van der Waals surface area contributed by atoms with E-state index >= 15 is 0 Å². The topological polar surface area (TPSA) is 38.3 Å². The Balaban J connectivity index is 2.10. The lowest BCUT2D eigenvalue weighted by molar-refractivity contribution is -0.143. The highest BCUT2D eigenvalue weighted by molar-refractivity contribution is 5.69. The average molecular weight is 249 g/mol. The maximum atomic E-state index is 11.2. The van der Waals surface area contributed by atoms with E-state index in [-0.39, 0.29) is 5.97 Å². The van der Waals surface area contributed by atoms with Gasteiger partial charge in [-0.25, -0.2) is 0 Å². The molecule has 0 radical (unpaired) electrons. The van der Waals surface area contributed by atoms with Crippen LogP contribution in [0.15, 0.2) is 30.3 Å². The highest BCUT2D eigenvalue weighted by atomic mass is 16.5. The molecule has 1 atom stereocenters. The summed E-state index contributed by atoms with van der Waals surface area (Å²) >= 11 is 0. The molecule has 100 valence electrons. The molecular weight excluding hydrogens is 226 g/mol. The Hall–Kier alpha value is -1.35. The third-order valence-electron chi connectivity index (χ3n) is 2.84. The first-order valence-electron chi connectivity index (χ1n) is 6.65. The summed E-state index contributed by atoms with van der Waals surface area (Å²) in [6.45, 7) is 5.34. The van der Waals surface area contributed by atoms with Crippen molar-refractivity contribution in [2.24, 2.45) is 0 Å². The van der Waals surface area contributed by atoms with Gasteiger partial charge in [0.05, 0.1) is 6.61 Å². The fraction of sp³-hybridized carbons (Fsp3) is 0.533. The van der Waals surface area contributed by atoms with Gasteiger partial charge in [0, 0.05) is 12.5 Å². The summed E-state index contributed by atoms with van der Waals surface area (Å²) in [4.78, 5) is 11.2. The van der Waals surface area contributed by atoms with E-state index in [1.165, 1.54) is 5.56 Å². The molecule has 1 N–H and O–H groups in total. The van der Waals surface area contributed by atoms with Gasteiger partial charge in [-0.3, -0.25) is 4.79 Å². The molecule has 0 fully saturated rings. The minimum atomic E-state index is -0.103. The lowest BCUT2D eigenvalue weighted by Gasteiger charge is -2.13. The van der Waals surface area contributed by atoms with Gasteiger partial charge in [-0.15, -0.1) is 0 Å². The second-order valence-corrected chi connectivity index (χ2v) is 4.43. The first-order chi connectivity index (χ1) is 8.72. The Bertz CT molecular complexity index is 338. The fourth-order valence-electron chi connectivity index (χ4n) is 1.78. The molecule has 1 rings (SSSR count). The molecule has 1 aromatic rings. The van der Waals surface area contributed by atoms with Crippen molar-refractivity contribution in [3.8, 4) is 0 Å². The van der Waals surface area contributed by atoms with Gasteiger partial charge in [-0.05, 0) is 38.8 Å². The zero-order valence-electron chi connectivity index (χ0n) is 11.3. The molecule has 0 aliphatic heterocycles. The van der Waals surface area contributed by atoms with Crippen LogP contribution in [0.25, 0.3) is 0 Å². The van der Waals surface area contributed by atoms with Crippen molar-refractivity contribution < 1.29 is 9.53 Å². The molecular formula is C15H23NO2. The van der Waals surface area contributed by atoms with Gasteiger partial charge in [0.25, 0.3) is 0 Å². The summed E-state index contributed by atoms with van der Waals surface area (Å²) in [5, 5.41) is 3.42. The molecule has 3 nitrogen and oxygen atoms in total. The van der Waals surface area contributed by atoms with Crippen LogP contribution in [-0.2, 0) is 16.0 Å². The molecule has 3 heteroatoms. The Labute approximate surface area is 110 Å². The smallest absolute Gasteiger partial charge is 0.305 e. The van der Waals surface area contributed by atoms with E-state index in [1.54, 1.807) is 0 Å². The van der Waals surface area contributed by atoms with Crippen LogP contribution in [0.3, 0.4) is 0 Å². The number of ether oxygens (including phenoxy) is 1. The van der Waals surface area contributed by atoms with Crippen molar-refractivity contribution in [3.05, 3.63) is 35.9 Å². The third-order valence-corrected chi connectivity index (χ3v) is 2.84. The van der Waals surface area contributed by atoms with Gasteiger partial charge in [0.15, 0.2) is 0 Å². The molecule has 0 bridgehead atoms. The number of hydrogen-bond acceptors (Lipinski definition) is 3. The third kappa shape index (κ3) is 6.40. The number of hydrogen-bond donors (Lipinski definition) is 1. The van der Waals surface area contributed by atoms with Gasteiger partial charge in [-0.1, -0.05) is 30.3 Å². The quantitative estimate of drug-likeness (QED) is 0.720. The van der Waals surface area contributed by atoms with Crippen LogP contribution < -0.4 is 5.32 Å². The number of rotatable bonds is 8. The zero-order chi connectivity index (χ0) is 13.2. The Morgan fingerprint density at radius 2 is 2.06 bits per heavy atom. The molecule has 1 unspecified atom stereocenters. The highest BCUT2D eigenvalue weighted by Crippen LogP contribution is 2.01. The van der Waals surface area contributed by atoms with Gasteiger partial charge < -0.3 is 10.1 Å². The maximum Gasteiger partial charge on any atom is 0.305 e. The first-order valence-corrected chi connectivity index (χ1v) is 6.65. The molecule has 0 aliphatic carbocycles. The molecule has 0 aromatic heterocycles. The molecule has 0 aliphatic rings. The second-order valence-electron chi connectivity index (χ2n) is 4.43. The van der Waals surface area contributed by atoms with Crippen LogP contribution in [0.1, 0.15) is 32.3 Å². The molecule has 1 aromatic carbocycles. The van der Waals surface area contributed by atoms with Gasteiger partial charge in [0.1, 0.15) is 0 Å². The molecule has 0 heterocycles. The fourth-order valence-corrected chi connectivity index (χ4v) is 1.78. The largest absolute Gasteiger partial charge is 0.466 e. The Morgan fingerprint density at radius 1 is 1.33 bits per heavy atom. The second kappa shape index (κ2) is 8.70. The van der Waals surface area contributed by atoms with E-state index < -0.39 is 0 Å². The average Bonchev–Trinajstić information content (AvgIpc) is 2.38. The number of carbonyl (C=O) groups excluding carboxylic acids is 1. The SMILES string of the molecule is CCOC(=O)CCC(C)NCCc1ccccc1. The maximum absolute atomic E-state index is 11.2. The lowest BCUT2D eigenvalue weighted by atomic mass is 10.1. The van der Waals surface area contributed by atoms with Crippen LogP contribution in [0.5, 0.6) is 0 Å². The van der Waals surface area contributed by atoms with E-state index in [4.69, 9.17) is 4.74 Å². The Morgan fingerprint density at radius 3 is 2.72 bits per heavy atom. The van der Waals surface area contributed by atoms with Gasteiger partial charge >= 0.3 is 5.97 Å². The molecule has 0 amide bonds. The summed E-state index contributed by atoms with van der Waals surface area (Å²) in [6, 6.07) is 10.7. The van der Waals surface area contributed by atoms with Crippen LogP contribution in [0.4, 0.5) is 0 Å². The molecule has 18 heavy (non-hydrogen) atoms. The normalized spacial score (nSPS) is 12.1. The van der Waals surface area contributed by atoms with E-state index in [0.29, 0.717) is 19.1 Å². The number of benzene rings is 1. The summed E-state index contributed by atoms with van der Waals surface area (Å²) < 4.78 is 4.90. The molecule has 0 saturated heterocycles. The monoisotopic (exact) mass is 249 g/mol. The van der Waals surface area contributed by atoms with Crippen molar-refractivity contribution in [1.29, 1.82) is 0 Å². The van der Waals surface area contributed by atoms with Crippen LogP contribution in [0.2, 0.25) is 0 Å². The van der Waals surface area contributed by atoms with E-state index in [9.17, 15) is 4.79 Å². The van der Waals surface area contributed by atoms with Crippen molar-refractivity contribution >= 4 is 5.97 Å². The summed E-state index contributed by atoms with van der Waals surface area (Å²) in [5.74, 6) is -0.103. The van der Waals surface area contributed by atoms with Crippen molar-refractivity contribution in [3.63, 3.8) is 0 Å². The van der Waals surface area contributed by atoms with Gasteiger partial charge in [0.2, 0.25) is 0 Å². The summed E-state index contributed by atoms with van der Waals surface area (Å²) in [5.41, 5.74) is 1.34. The number of esters is 1. The van der Waals surface area contributed by atoms with Crippen molar-refractivity contribution in [2.45, 2.75) is 39.2 Å². The molecule has 0 saturated carbocycles. The van der Waals surface area contributed by atoms with Crippen molar-refractivity contribution in [2.75, 3.05) is 13.2 Å².